The smallest absolute Gasteiger partial charge is 0.336 e. The number of Topliss-reactive ketones (excluding diaryl/α,β-unsaturated/α-hetero) is 2. The highest BCUT2D eigenvalue weighted by Gasteiger charge is 2.54. The first-order valence-corrected chi connectivity index (χ1v) is 10.3. The molecule has 3 aromatic carbocycles. The molecule has 5 nitrogen and oxygen atoms in total. The topological polar surface area (TPSA) is 80.7 Å². The summed E-state index contributed by atoms with van der Waals surface area (Å²) < 4.78 is 5.54. The first-order chi connectivity index (χ1) is 15.3. The zero-order valence-electron chi connectivity index (χ0n) is 17.7. The zero-order chi connectivity index (χ0) is 22.9. The zero-order valence-corrected chi connectivity index (χ0v) is 17.7. The van der Waals surface area contributed by atoms with Crippen molar-refractivity contribution < 1.29 is 24.2 Å². The number of esters is 1. The number of fused-ring (bicyclic) bond motifs is 1. The molecule has 3 aromatic rings. The lowest BCUT2D eigenvalue weighted by atomic mass is 9.86. The predicted molar refractivity (Wildman–Crippen MR) is 121 cm³/mol. The second kappa shape index (κ2) is 8.36. The molecule has 160 valence electrons. The molecule has 5 heteroatoms. The number of carbonyl (C=O) groups is 3. The van der Waals surface area contributed by atoms with Crippen molar-refractivity contribution in [2.45, 2.75) is 25.4 Å². The molecular weight excluding hydrogens is 404 g/mol. The van der Waals surface area contributed by atoms with Gasteiger partial charge in [-0.25, -0.2) is 4.79 Å². The maximum atomic E-state index is 13.1. The molecule has 1 aliphatic carbocycles. The molecule has 0 bridgehead atoms. The van der Waals surface area contributed by atoms with E-state index in [0.29, 0.717) is 0 Å². The van der Waals surface area contributed by atoms with Gasteiger partial charge in [0.2, 0.25) is 17.2 Å². The van der Waals surface area contributed by atoms with E-state index in [9.17, 15) is 19.5 Å². The van der Waals surface area contributed by atoms with Crippen molar-refractivity contribution in [3.8, 4) is 5.75 Å². The van der Waals surface area contributed by atoms with Gasteiger partial charge in [-0.3, -0.25) is 9.59 Å². The Balaban J connectivity index is 1.74. The van der Waals surface area contributed by atoms with E-state index in [2.05, 4.69) is 0 Å². The van der Waals surface area contributed by atoms with E-state index in [1.807, 2.05) is 44.2 Å². The van der Waals surface area contributed by atoms with Crippen LogP contribution < -0.4 is 4.74 Å². The van der Waals surface area contributed by atoms with E-state index in [4.69, 9.17) is 4.74 Å². The van der Waals surface area contributed by atoms with Crippen molar-refractivity contribution >= 4 is 23.6 Å². The largest absolute Gasteiger partial charge is 0.423 e. The van der Waals surface area contributed by atoms with E-state index in [0.717, 1.165) is 11.1 Å². The normalized spacial score (nSPS) is 14.8. The van der Waals surface area contributed by atoms with Crippen molar-refractivity contribution in [1.29, 1.82) is 0 Å². The average molecular weight is 426 g/mol. The Hall–Kier alpha value is -3.83. The van der Waals surface area contributed by atoms with Gasteiger partial charge in [0, 0.05) is 22.8 Å². The van der Waals surface area contributed by atoms with Crippen molar-refractivity contribution in [3.63, 3.8) is 0 Å². The van der Waals surface area contributed by atoms with Crippen LogP contribution in [-0.2, 0) is 10.4 Å². The summed E-state index contributed by atoms with van der Waals surface area (Å²) >= 11 is 0. The Morgan fingerprint density at radius 1 is 0.906 bits per heavy atom. The highest BCUT2D eigenvalue weighted by Crippen LogP contribution is 2.42. The number of aliphatic hydroxyl groups is 1. The minimum absolute atomic E-state index is 0.0177. The van der Waals surface area contributed by atoms with Crippen LogP contribution in [-0.4, -0.2) is 22.6 Å². The number of ether oxygens (including phenoxy) is 1. The van der Waals surface area contributed by atoms with Gasteiger partial charge in [-0.05, 0) is 29.2 Å². The predicted octanol–water partition coefficient (Wildman–Crippen LogP) is 4.70. The van der Waals surface area contributed by atoms with Crippen molar-refractivity contribution in [2.24, 2.45) is 0 Å². The minimum atomic E-state index is -2.45. The maximum absolute atomic E-state index is 13.1. The molecule has 0 spiro atoms. The third-order valence-corrected chi connectivity index (χ3v) is 5.56. The van der Waals surface area contributed by atoms with Gasteiger partial charge in [0.1, 0.15) is 5.75 Å². The standard InChI is InChI=1S/C27H22O5/c1-17(2)19-13-14-22(27(31)25(29)20-10-6-7-11-21(20)26(27)30)23(16-19)32-24(28)15-12-18-8-4-3-5-9-18/h3-17,31H,1-2H3/b15-12+. The van der Waals surface area contributed by atoms with Crippen LogP contribution in [0.15, 0.2) is 78.9 Å². The summed E-state index contributed by atoms with van der Waals surface area (Å²) in [5.74, 6) is -2.06. The Morgan fingerprint density at radius 3 is 2.09 bits per heavy atom. The van der Waals surface area contributed by atoms with E-state index in [1.165, 1.54) is 24.3 Å². The molecule has 1 aliphatic rings. The van der Waals surface area contributed by atoms with Gasteiger partial charge in [0.15, 0.2) is 0 Å². The molecule has 0 unspecified atom stereocenters. The van der Waals surface area contributed by atoms with Gasteiger partial charge >= 0.3 is 5.97 Å². The molecule has 0 atom stereocenters. The number of rotatable bonds is 5. The van der Waals surface area contributed by atoms with Crippen LogP contribution in [0.25, 0.3) is 6.08 Å². The highest BCUT2D eigenvalue weighted by atomic mass is 16.5. The second-order valence-corrected chi connectivity index (χ2v) is 7.99. The number of ketones is 2. The molecule has 0 saturated heterocycles. The highest BCUT2D eigenvalue weighted by molar-refractivity contribution is 6.32. The number of hydrogen-bond donors (Lipinski definition) is 1. The fraction of sp³-hybridized carbons (Fsp3) is 0.148. The van der Waals surface area contributed by atoms with Crippen molar-refractivity contribution in [2.75, 3.05) is 0 Å². The molecule has 0 heterocycles. The van der Waals surface area contributed by atoms with E-state index < -0.39 is 23.1 Å². The first kappa shape index (κ1) is 21.4. The third-order valence-electron chi connectivity index (χ3n) is 5.56. The molecule has 0 aliphatic heterocycles. The summed E-state index contributed by atoms with van der Waals surface area (Å²) in [5, 5.41) is 11.3. The Kier molecular flexibility index (Phi) is 5.59. The van der Waals surface area contributed by atoms with Crippen LogP contribution >= 0.6 is 0 Å². The van der Waals surface area contributed by atoms with Crippen molar-refractivity contribution in [3.05, 3.63) is 107 Å². The van der Waals surface area contributed by atoms with Crippen LogP contribution in [0, 0.1) is 0 Å². The minimum Gasteiger partial charge on any atom is -0.423 e. The summed E-state index contributed by atoms with van der Waals surface area (Å²) in [6.45, 7) is 3.93. The average Bonchev–Trinajstić information content (AvgIpc) is 3.00. The van der Waals surface area contributed by atoms with Crippen LogP contribution in [0.5, 0.6) is 5.75 Å². The van der Waals surface area contributed by atoms with E-state index >= 15 is 0 Å². The van der Waals surface area contributed by atoms with Crippen LogP contribution in [0.3, 0.4) is 0 Å². The summed E-state index contributed by atoms with van der Waals surface area (Å²) in [7, 11) is 0. The molecule has 0 amide bonds. The molecular formula is C27H22O5. The van der Waals surface area contributed by atoms with Gasteiger partial charge in [-0.1, -0.05) is 80.6 Å². The molecule has 0 saturated carbocycles. The van der Waals surface area contributed by atoms with E-state index in [-0.39, 0.29) is 28.4 Å². The Morgan fingerprint density at radius 2 is 1.50 bits per heavy atom. The number of carbonyl (C=O) groups excluding carboxylic acids is 3. The summed E-state index contributed by atoms with van der Waals surface area (Å²) in [6.07, 6.45) is 2.86. The molecule has 1 N–H and O–H groups in total. The van der Waals surface area contributed by atoms with Gasteiger partial charge < -0.3 is 9.84 Å². The fourth-order valence-electron chi connectivity index (χ4n) is 3.77. The lowest BCUT2D eigenvalue weighted by Crippen LogP contribution is -2.38. The SMILES string of the molecule is CC(C)c1ccc(C2(O)C(=O)c3ccccc3C2=O)c(OC(=O)/C=C/c2ccccc2)c1. The van der Waals surface area contributed by atoms with Crippen LogP contribution in [0.4, 0.5) is 0 Å². The van der Waals surface area contributed by atoms with E-state index in [1.54, 1.807) is 30.3 Å². The summed E-state index contributed by atoms with van der Waals surface area (Å²) in [4.78, 5) is 38.7. The van der Waals surface area contributed by atoms with Gasteiger partial charge in [-0.15, -0.1) is 0 Å². The third kappa shape index (κ3) is 3.67. The van der Waals surface area contributed by atoms with Crippen molar-refractivity contribution in [1.82, 2.24) is 0 Å². The van der Waals surface area contributed by atoms with Gasteiger partial charge in [-0.2, -0.15) is 0 Å². The monoisotopic (exact) mass is 426 g/mol. The van der Waals surface area contributed by atoms with Gasteiger partial charge in [0.05, 0.1) is 0 Å². The second-order valence-electron chi connectivity index (χ2n) is 7.99. The van der Waals surface area contributed by atoms with Gasteiger partial charge in [0.25, 0.3) is 0 Å². The quantitative estimate of drug-likeness (QED) is 0.277. The fourth-order valence-corrected chi connectivity index (χ4v) is 3.77. The first-order valence-electron chi connectivity index (χ1n) is 10.3. The Labute approximate surface area is 186 Å². The summed E-state index contributed by atoms with van der Waals surface area (Å²) in [5.41, 5.74) is -0.547. The summed E-state index contributed by atoms with van der Waals surface area (Å²) in [6, 6.07) is 20.3. The molecule has 32 heavy (non-hydrogen) atoms. The molecule has 0 fully saturated rings. The molecule has 4 rings (SSSR count). The number of benzene rings is 3. The number of hydrogen-bond acceptors (Lipinski definition) is 5. The molecule has 0 aromatic heterocycles. The van der Waals surface area contributed by atoms with Crippen LogP contribution in [0.2, 0.25) is 0 Å². The maximum Gasteiger partial charge on any atom is 0.336 e. The Bertz CT molecular complexity index is 1200. The van der Waals surface area contributed by atoms with Crippen LogP contribution in [0.1, 0.15) is 57.2 Å². The molecule has 0 radical (unpaired) electrons. The lowest BCUT2D eigenvalue weighted by Gasteiger charge is -2.23. The lowest BCUT2D eigenvalue weighted by molar-refractivity contribution is -0.129.